The summed E-state index contributed by atoms with van der Waals surface area (Å²) in [7, 11) is 3.84. The number of benzene rings is 1. The van der Waals surface area contributed by atoms with Crippen molar-refractivity contribution in [2.75, 3.05) is 20.6 Å². The highest BCUT2D eigenvalue weighted by Crippen LogP contribution is 2.29. The van der Waals surface area contributed by atoms with Gasteiger partial charge in [0.15, 0.2) is 0 Å². The van der Waals surface area contributed by atoms with E-state index in [0.717, 1.165) is 5.56 Å². The monoisotopic (exact) mass is 421 g/mol. The van der Waals surface area contributed by atoms with Crippen molar-refractivity contribution in [1.82, 2.24) is 4.90 Å². The summed E-state index contributed by atoms with van der Waals surface area (Å²) in [5.74, 6) is -4.53. The van der Waals surface area contributed by atoms with E-state index in [1.807, 2.05) is 30.4 Å². The highest BCUT2D eigenvalue weighted by molar-refractivity contribution is 7.12. The zero-order valence-electron chi connectivity index (χ0n) is 16.3. The van der Waals surface area contributed by atoms with Gasteiger partial charge in [-0.25, -0.2) is 9.59 Å². The zero-order valence-corrected chi connectivity index (χ0v) is 17.1. The van der Waals surface area contributed by atoms with Crippen LogP contribution < -0.4 is 0 Å². The van der Waals surface area contributed by atoms with Crippen molar-refractivity contribution in [2.45, 2.75) is 18.8 Å². The van der Waals surface area contributed by atoms with E-state index in [2.05, 4.69) is 0 Å². The molecule has 1 heterocycles. The smallest absolute Gasteiger partial charge is 0.414 e. The fraction of sp³-hybridized carbons (Fsp3) is 0.300. The number of carboxylic acid groups (broad SMARTS) is 3. The van der Waals surface area contributed by atoms with E-state index in [9.17, 15) is 14.7 Å². The summed E-state index contributed by atoms with van der Waals surface area (Å²) >= 11 is 1.40. The Bertz CT molecular complexity index is 847. The number of aliphatic carboxylic acids is 3. The number of hydrogen-bond acceptors (Lipinski definition) is 6. The molecule has 156 valence electrons. The molecule has 29 heavy (non-hydrogen) atoms. The van der Waals surface area contributed by atoms with E-state index < -0.39 is 23.3 Å². The first-order chi connectivity index (χ1) is 13.5. The Morgan fingerprint density at radius 1 is 0.966 bits per heavy atom. The van der Waals surface area contributed by atoms with Gasteiger partial charge in [0.25, 0.3) is 0 Å². The van der Waals surface area contributed by atoms with E-state index in [-0.39, 0.29) is 5.78 Å². The van der Waals surface area contributed by atoms with Gasteiger partial charge in [-0.3, -0.25) is 9.59 Å². The molecule has 0 aliphatic heterocycles. The van der Waals surface area contributed by atoms with Gasteiger partial charge in [0.1, 0.15) is 0 Å². The second kappa shape index (κ2) is 10.5. The number of nitrogens with zero attached hydrogens (tertiary/aromatic N) is 1. The van der Waals surface area contributed by atoms with Gasteiger partial charge in [0, 0.05) is 5.56 Å². The molecule has 1 aromatic carbocycles. The van der Waals surface area contributed by atoms with Gasteiger partial charge < -0.3 is 20.2 Å². The van der Waals surface area contributed by atoms with Gasteiger partial charge in [-0.1, -0.05) is 30.3 Å². The molecule has 2 rings (SSSR count). The third-order valence-corrected chi connectivity index (χ3v) is 5.11. The Kier molecular flexibility index (Phi) is 8.68. The number of carbonyl (C=O) groups excluding carboxylic acids is 1. The Morgan fingerprint density at radius 3 is 1.90 bits per heavy atom. The highest BCUT2D eigenvalue weighted by atomic mass is 32.1. The molecular formula is C20H23NO7S. The molecule has 1 unspecified atom stereocenters. The molecule has 1 atom stereocenters. The average molecular weight is 421 g/mol. The fourth-order valence-electron chi connectivity index (χ4n) is 2.36. The SMILES string of the molecule is CN(C)CCC(C)(C(=O)O)c1ccc(C(=O)c2cccs2)cc1.O=C(O)C(=O)O. The molecule has 0 amide bonds. The summed E-state index contributed by atoms with van der Waals surface area (Å²) < 4.78 is 0. The average Bonchev–Trinajstić information content (AvgIpc) is 3.20. The van der Waals surface area contributed by atoms with Gasteiger partial charge in [-0.15, -0.1) is 11.3 Å². The first-order valence-corrected chi connectivity index (χ1v) is 9.40. The quantitative estimate of drug-likeness (QED) is 0.459. The number of hydrogen-bond donors (Lipinski definition) is 3. The highest BCUT2D eigenvalue weighted by Gasteiger charge is 2.35. The van der Waals surface area contributed by atoms with E-state index in [4.69, 9.17) is 19.8 Å². The molecule has 0 fully saturated rings. The second-order valence-electron chi connectivity index (χ2n) is 6.68. The van der Waals surface area contributed by atoms with E-state index in [1.54, 1.807) is 37.3 Å². The minimum Gasteiger partial charge on any atom is -0.481 e. The normalized spacial score (nSPS) is 12.4. The molecule has 3 N–H and O–H groups in total. The molecule has 0 aliphatic carbocycles. The lowest BCUT2D eigenvalue weighted by atomic mass is 9.79. The molecule has 8 nitrogen and oxygen atoms in total. The lowest BCUT2D eigenvalue weighted by Crippen LogP contribution is -2.35. The molecule has 0 spiro atoms. The van der Waals surface area contributed by atoms with E-state index >= 15 is 0 Å². The predicted molar refractivity (Wildman–Crippen MR) is 108 cm³/mol. The third kappa shape index (κ3) is 6.81. The number of rotatable bonds is 7. The number of carboxylic acids is 3. The maximum absolute atomic E-state index is 12.3. The minimum absolute atomic E-state index is 0.0307. The van der Waals surface area contributed by atoms with Gasteiger partial charge in [0.2, 0.25) is 5.78 Å². The summed E-state index contributed by atoms with van der Waals surface area (Å²) in [4.78, 5) is 44.9. The van der Waals surface area contributed by atoms with Crippen molar-refractivity contribution in [3.63, 3.8) is 0 Å². The first-order valence-electron chi connectivity index (χ1n) is 8.52. The van der Waals surface area contributed by atoms with Gasteiger partial charge >= 0.3 is 17.9 Å². The van der Waals surface area contributed by atoms with Crippen molar-refractivity contribution >= 4 is 35.0 Å². The second-order valence-corrected chi connectivity index (χ2v) is 7.63. The Morgan fingerprint density at radius 2 is 1.52 bits per heavy atom. The van der Waals surface area contributed by atoms with Crippen molar-refractivity contribution in [2.24, 2.45) is 0 Å². The number of thiophene rings is 1. The van der Waals surface area contributed by atoms with Crippen LogP contribution in [0.4, 0.5) is 0 Å². The first kappa shape index (κ1) is 24.0. The summed E-state index contributed by atoms with van der Waals surface area (Å²) in [6.07, 6.45) is 0.507. The van der Waals surface area contributed by atoms with Crippen LogP contribution in [0.3, 0.4) is 0 Å². The van der Waals surface area contributed by atoms with Gasteiger partial charge in [-0.2, -0.15) is 0 Å². The number of ketones is 1. The van der Waals surface area contributed by atoms with Gasteiger partial charge in [0.05, 0.1) is 10.3 Å². The molecular weight excluding hydrogens is 398 g/mol. The van der Waals surface area contributed by atoms with Crippen LogP contribution in [0.15, 0.2) is 41.8 Å². The number of carbonyl (C=O) groups is 4. The van der Waals surface area contributed by atoms with E-state index in [1.165, 1.54) is 11.3 Å². The van der Waals surface area contributed by atoms with Crippen LogP contribution >= 0.6 is 11.3 Å². The Hall–Kier alpha value is -3.04. The zero-order chi connectivity index (χ0) is 22.2. The summed E-state index contributed by atoms with van der Waals surface area (Å²) in [5, 5.41) is 26.3. The van der Waals surface area contributed by atoms with Crippen molar-refractivity contribution in [3.05, 3.63) is 57.8 Å². The topological polar surface area (TPSA) is 132 Å². The van der Waals surface area contributed by atoms with E-state index in [0.29, 0.717) is 23.4 Å². The standard InChI is InChI=1S/C18H21NO3S.C2H2O4/c1-18(17(21)22,10-11-19(2)3)14-8-6-13(7-9-14)16(20)15-5-4-12-23-15;3-1(4)2(5)6/h4-9,12H,10-11H2,1-3H3,(H,21,22);(H,3,4)(H,5,6). The predicted octanol–water partition coefficient (Wildman–Crippen LogP) is 2.43. The van der Waals surface area contributed by atoms with Gasteiger partial charge in [-0.05, 0) is 51.0 Å². The van der Waals surface area contributed by atoms with Crippen LogP contribution in [0, 0.1) is 0 Å². The lowest BCUT2D eigenvalue weighted by molar-refractivity contribution is -0.159. The molecule has 0 bridgehead atoms. The molecule has 0 aliphatic rings. The maximum Gasteiger partial charge on any atom is 0.414 e. The van der Waals surface area contributed by atoms with Crippen LogP contribution in [0.5, 0.6) is 0 Å². The molecule has 1 aromatic heterocycles. The van der Waals surface area contributed by atoms with Crippen LogP contribution in [-0.2, 0) is 19.8 Å². The maximum atomic E-state index is 12.3. The largest absolute Gasteiger partial charge is 0.481 e. The van der Waals surface area contributed by atoms with Crippen LogP contribution in [0.2, 0.25) is 0 Å². The summed E-state index contributed by atoms with van der Waals surface area (Å²) in [6.45, 7) is 2.41. The lowest BCUT2D eigenvalue weighted by Gasteiger charge is -2.27. The van der Waals surface area contributed by atoms with Crippen LogP contribution in [0.1, 0.15) is 34.1 Å². The molecule has 2 aromatic rings. The van der Waals surface area contributed by atoms with Crippen molar-refractivity contribution < 1.29 is 34.5 Å². The Balaban J connectivity index is 0.000000612. The fourth-order valence-corrected chi connectivity index (χ4v) is 3.05. The minimum atomic E-state index is -1.82. The third-order valence-electron chi connectivity index (χ3n) is 4.24. The molecule has 9 heteroatoms. The van der Waals surface area contributed by atoms with Crippen LogP contribution in [0.25, 0.3) is 0 Å². The molecule has 0 saturated heterocycles. The van der Waals surface area contributed by atoms with Crippen molar-refractivity contribution in [1.29, 1.82) is 0 Å². The molecule has 0 radical (unpaired) electrons. The van der Waals surface area contributed by atoms with Crippen LogP contribution in [-0.4, -0.2) is 64.6 Å². The van der Waals surface area contributed by atoms with Crippen molar-refractivity contribution in [3.8, 4) is 0 Å². The summed E-state index contributed by atoms with van der Waals surface area (Å²) in [6, 6.07) is 10.6. The molecule has 0 saturated carbocycles. The Labute approximate surface area is 172 Å². The summed E-state index contributed by atoms with van der Waals surface area (Å²) in [5.41, 5.74) is 0.334.